The van der Waals surface area contributed by atoms with E-state index in [1.54, 1.807) is 5.57 Å². The molecule has 4 rings (SSSR count). The van der Waals surface area contributed by atoms with E-state index in [-0.39, 0.29) is 6.10 Å². The molecule has 7 atom stereocenters. The Morgan fingerprint density at radius 3 is 2.55 bits per heavy atom. The van der Waals surface area contributed by atoms with Gasteiger partial charge in [-0.2, -0.15) is 0 Å². The molecule has 0 radical (unpaired) electrons. The molecule has 0 saturated heterocycles. The largest absolute Gasteiger partial charge is 0.393 e. The Kier molecular flexibility index (Phi) is 5.52. The molecule has 3 fully saturated rings. The van der Waals surface area contributed by atoms with E-state index in [1.807, 2.05) is 0 Å². The van der Waals surface area contributed by atoms with Crippen LogP contribution in [0, 0.1) is 40.4 Å². The lowest BCUT2D eigenvalue weighted by molar-refractivity contribution is 0.0383. The highest BCUT2D eigenvalue weighted by atomic mass is 16.3. The standard InChI is InChI=1S/C28H42O/c1-18(2)19(3)7-8-20(4)24-11-12-25-23-10-9-21-17-22(29)13-15-27(21,5)26(23)14-16-28(24,25)6/h7-10,18,20,22,24-26,29H,3,11-17H2,1-2,4-6H3/b8-7+/t20-,22+,24-,25+,26+,27+,28-/m1/s1. The molecule has 4 aliphatic rings. The average Bonchev–Trinajstić information content (AvgIpc) is 3.03. The van der Waals surface area contributed by atoms with Gasteiger partial charge in [-0.3, -0.25) is 0 Å². The maximum atomic E-state index is 10.2. The molecule has 0 bridgehead atoms. The summed E-state index contributed by atoms with van der Waals surface area (Å²) in [7, 11) is 0. The van der Waals surface area contributed by atoms with Gasteiger partial charge in [-0.15, -0.1) is 0 Å². The van der Waals surface area contributed by atoms with E-state index in [2.05, 4.69) is 65.5 Å². The zero-order valence-corrected chi connectivity index (χ0v) is 19.4. The molecular weight excluding hydrogens is 352 g/mol. The fourth-order valence-corrected chi connectivity index (χ4v) is 7.49. The first-order valence-corrected chi connectivity index (χ1v) is 12.1. The minimum absolute atomic E-state index is 0.123. The second-order valence-corrected chi connectivity index (χ2v) is 11.5. The number of allylic oxidation sites excluding steroid dienone is 6. The summed E-state index contributed by atoms with van der Waals surface area (Å²) in [5, 5.41) is 10.2. The Balaban J connectivity index is 1.57. The predicted molar refractivity (Wildman–Crippen MR) is 123 cm³/mol. The van der Waals surface area contributed by atoms with Crippen LogP contribution in [0.4, 0.5) is 0 Å². The van der Waals surface area contributed by atoms with Gasteiger partial charge in [-0.25, -0.2) is 0 Å². The third-order valence-electron chi connectivity index (χ3n) is 9.61. The molecule has 0 aliphatic heterocycles. The van der Waals surface area contributed by atoms with E-state index in [0.717, 1.165) is 31.1 Å². The van der Waals surface area contributed by atoms with Gasteiger partial charge in [-0.1, -0.05) is 82.2 Å². The maximum Gasteiger partial charge on any atom is 0.0578 e. The highest BCUT2D eigenvalue weighted by molar-refractivity contribution is 5.39. The van der Waals surface area contributed by atoms with Gasteiger partial charge in [-0.05, 0) is 85.4 Å². The number of rotatable bonds is 4. The second kappa shape index (κ2) is 7.56. The van der Waals surface area contributed by atoms with Crippen LogP contribution in [0.15, 0.2) is 47.6 Å². The first-order valence-electron chi connectivity index (χ1n) is 12.1. The molecule has 29 heavy (non-hydrogen) atoms. The molecule has 0 unspecified atom stereocenters. The van der Waals surface area contributed by atoms with Crippen molar-refractivity contribution in [3.8, 4) is 0 Å². The summed E-state index contributed by atoms with van der Waals surface area (Å²) in [6.45, 7) is 16.2. The van der Waals surface area contributed by atoms with Gasteiger partial charge in [0.2, 0.25) is 0 Å². The van der Waals surface area contributed by atoms with E-state index in [1.165, 1.54) is 36.8 Å². The van der Waals surface area contributed by atoms with Gasteiger partial charge in [0.05, 0.1) is 6.10 Å². The summed E-state index contributed by atoms with van der Waals surface area (Å²) in [6, 6.07) is 0. The monoisotopic (exact) mass is 394 g/mol. The Morgan fingerprint density at radius 2 is 1.83 bits per heavy atom. The molecule has 0 heterocycles. The van der Waals surface area contributed by atoms with Gasteiger partial charge in [0.1, 0.15) is 0 Å². The lowest BCUT2D eigenvalue weighted by Gasteiger charge is -2.55. The SMILES string of the molecule is C=C(/C=C/[C@@H](C)[C@H]1CC[C@H]2C3=CC=C4C[C@@H](O)CC[C@]4(C)[C@H]3CC[C@]12C)C(C)C. The Labute approximate surface area is 179 Å². The summed E-state index contributed by atoms with van der Waals surface area (Å²) in [5.74, 6) is 3.38. The van der Waals surface area contributed by atoms with E-state index >= 15 is 0 Å². The molecule has 1 nitrogen and oxygen atoms in total. The summed E-state index contributed by atoms with van der Waals surface area (Å²) < 4.78 is 0. The number of hydrogen-bond donors (Lipinski definition) is 1. The fourth-order valence-electron chi connectivity index (χ4n) is 7.49. The molecular formula is C28H42O. The van der Waals surface area contributed by atoms with Gasteiger partial charge < -0.3 is 5.11 Å². The molecule has 0 amide bonds. The molecule has 0 aromatic heterocycles. The number of aliphatic hydroxyl groups excluding tert-OH is 1. The van der Waals surface area contributed by atoms with Crippen LogP contribution in [-0.2, 0) is 0 Å². The summed E-state index contributed by atoms with van der Waals surface area (Å²) in [6.07, 6.45) is 17.9. The van der Waals surface area contributed by atoms with Crippen LogP contribution in [-0.4, -0.2) is 11.2 Å². The van der Waals surface area contributed by atoms with Crippen molar-refractivity contribution in [3.63, 3.8) is 0 Å². The molecule has 160 valence electrons. The zero-order valence-electron chi connectivity index (χ0n) is 19.4. The molecule has 1 heteroatoms. The highest BCUT2D eigenvalue weighted by Crippen LogP contribution is 2.65. The zero-order chi connectivity index (χ0) is 21.0. The first-order chi connectivity index (χ1) is 13.7. The summed E-state index contributed by atoms with van der Waals surface area (Å²) in [4.78, 5) is 0. The third-order valence-corrected chi connectivity index (χ3v) is 9.61. The van der Waals surface area contributed by atoms with Gasteiger partial charge in [0, 0.05) is 0 Å². The Morgan fingerprint density at radius 1 is 1.07 bits per heavy atom. The van der Waals surface area contributed by atoms with Crippen molar-refractivity contribution in [1.29, 1.82) is 0 Å². The summed E-state index contributed by atoms with van der Waals surface area (Å²) >= 11 is 0. The summed E-state index contributed by atoms with van der Waals surface area (Å²) in [5.41, 5.74) is 5.25. The quantitative estimate of drug-likeness (QED) is 0.498. The minimum atomic E-state index is -0.123. The van der Waals surface area contributed by atoms with E-state index in [0.29, 0.717) is 28.6 Å². The van der Waals surface area contributed by atoms with Crippen LogP contribution in [0.2, 0.25) is 0 Å². The van der Waals surface area contributed by atoms with Gasteiger partial charge in [0.15, 0.2) is 0 Å². The van der Waals surface area contributed by atoms with Crippen LogP contribution < -0.4 is 0 Å². The van der Waals surface area contributed by atoms with Gasteiger partial charge >= 0.3 is 0 Å². The fraction of sp³-hybridized carbons (Fsp3) is 0.714. The van der Waals surface area contributed by atoms with Crippen LogP contribution in [0.5, 0.6) is 0 Å². The van der Waals surface area contributed by atoms with Crippen molar-refractivity contribution < 1.29 is 5.11 Å². The lowest BCUT2D eigenvalue weighted by atomic mass is 9.50. The molecule has 3 saturated carbocycles. The highest BCUT2D eigenvalue weighted by Gasteiger charge is 2.56. The topological polar surface area (TPSA) is 20.2 Å². The average molecular weight is 395 g/mol. The van der Waals surface area contributed by atoms with Crippen LogP contribution in [0.25, 0.3) is 0 Å². The lowest BCUT2D eigenvalue weighted by Crippen LogP contribution is -2.46. The van der Waals surface area contributed by atoms with Crippen molar-refractivity contribution in [2.75, 3.05) is 0 Å². The number of aliphatic hydroxyl groups is 1. The molecule has 0 aromatic rings. The Hall–Kier alpha value is -1.08. The maximum absolute atomic E-state index is 10.2. The van der Waals surface area contributed by atoms with E-state index in [9.17, 15) is 5.11 Å². The minimum Gasteiger partial charge on any atom is -0.393 e. The molecule has 1 N–H and O–H groups in total. The van der Waals surface area contributed by atoms with Crippen molar-refractivity contribution in [2.24, 2.45) is 40.4 Å². The van der Waals surface area contributed by atoms with Crippen molar-refractivity contribution >= 4 is 0 Å². The Bertz CT molecular complexity index is 752. The molecule has 0 aromatic carbocycles. The first kappa shape index (κ1) is 21.2. The van der Waals surface area contributed by atoms with Crippen LogP contribution in [0.1, 0.15) is 79.6 Å². The van der Waals surface area contributed by atoms with Crippen molar-refractivity contribution in [3.05, 3.63) is 47.6 Å². The molecule has 0 spiro atoms. The molecule has 4 aliphatic carbocycles. The smallest absolute Gasteiger partial charge is 0.0578 e. The van der Waals surface area contributed by atoms with Crippen LogP contribution >= 0.6 is 0 Å². The van der Waals surface area contributed by atoms with Crippen molar-refractivity contribution in [2.45, 2.75) is 85.7 Å². The predicted octanol–water partition coefficient (Wildman–Crippen LogP) is 7.25. The number of hydrogen-bond acceptors (Lipinski definition) is 1. The normalized spacial score (nSPS) is 42.7. The third kappa shape index (κ3) is 3.42. The van der Waals surface area contributed by atoms with Gasteiger partial charge in [0.25, 0.3) is 0 Å². The van der Waals surface area contributed by atoms with Crippen molar-refractivity contribution in [1.82, 2.24) is 0 Å². The van der Waals surface area contributed by atoms with E-state index in [4.69, 9.17) is 0 Å². The van der Waals surface area contributed by atoms with Crippen LogP contribution in [0.3, 0.4) is 0 Å². The van der Waals surface area contributed by atoms with E-state index < -0.39 is 0 Å². The second-order valence-electron chi connectivity index (χ2n) is 11.5. The number of fused-ring (bicyclic) bond motifs is 5.